The van der Waals surface area contributed by atoms with E-state index in [0.717, 1.165) is 16.4 Å². The average molecular weight is 331 g/mol. The molecule has 1 amide bonds. The summed E-state index contributed by atoms with van der Waals surface area (Å²) in [6.45, 7) is 5.33. The maximum Gasteiger partial charge on any atom is 0.228 e. The van der Waals surface area contributed by atoms with Crippen molar-refractivity contribution in [1.29, 1.82) is 0 Å². The van der Waals surface area contributed by atoms with Gasteiger partial charge in [0.15, 0.2) is 0 Å². The summed E-state index contributed by atoms with van der Waals surface area (Å²) in [5.41, 5.74) is 1.84. The van der Waals surface area contributed by atoms with Gasteiger partial charge in [-0.25, -0.2) is 4.98 Å². The number of ether oxygens (including phenoxy) is 1. The second kappa shape index (κ2) is 7.19. The van der Waals surface area contributed by atoms with Gasteiger partial charge in [0, 0.05) is 36.8 Å². The van der Waals surface area contributed by atoms with Crippen molar-refractivity contribution in [2.75, 3.05) is 13.1 Å². The number of amides is 1. The minimum Gasteiger partial charge on any atom is -0.372 e. The van der Waals surface area contributed by atoms with Crippen LogP contribution in [0, 0.1) is 0 Å². The van der Waals surface area contributed by atoms with E-state index in [1.165, 1.54) is 0 Å². The summed E-state index contributed by atoms with van der Waals surface area (Å²) in [7, 11) is 0. The third-order valence-electron chi connectivity index (χ3n) is 3.76. The fourth-order valence-corrected chi connectivity index (χ4v) is 3.63. The molecule has 3 heterocycles. The Bertz CT molecular complexity index is 649. The lowest BCUT2D eigenvalue weighted by molar-refractivity contribution is -0.142. The molecule has 0 bridgehead atoms. The molecule has 1 aliphatic rings. The lowest BCUT2D eigenvalue weighted by Gasteiger charge is -2.35. The largest absolute Gasteiger partial charge is 0.372 e. The molecule has 1 saturated heterocycles. The van der Waals surface area contributed by atoms with Crippen molar-refractivity contribution >= 4 is 17.2 Å². The lowest BCUT2D eigenvalue weighted by Crippen LogP contribution is -2.48. The summed E-state index contributed by atoms with van der Waals surface area (Å²) in [4.78, 5) is 23.2. The minimum atomic E-state index is 0.0952. The average Bonchev–Trinajstić information content (AvgIpc) is 2.94. The van der Waals surface area contributed by atoms with Crippen molar-refractivity contribution in [3.8, 4) is 0 Å². The van der Waals surface area contributed by atoms with Crippen molar-refractivity contribution in [2.45, 2.75) is 38.9 Å². The summed E-state index contributed by atoms with van der Waals surface area (Å²) in [6, 6.07) is 5.86. The highest BCUT2D eigenvalue weighted by atomic mass is 32.1. The zero-order chi connectivity index (χ0) is 16.2. The van der Waals surface area contributed by atoms with Crippen LogP contribution in [-0.4, -0.2) is 46.1 Å². The number of hydrogen-bond acceptors (Lipinski definition) is 5. The van der Waals surface area contributed by atoms with Gasteiger partial charge < -0.3 is 9.64 Å². The molecule has 122 valence electrons. The number of morpholine rings is 1. The molecule has 2 aromatic rings. The van der Waals surface area contributed by atoms with Crippen LogP contribution in [0.1, 0.15) is 30.2 Å². The van der Waals surface area contributed by atoms with Crippen LogP contribution in [0.25, 0.3) is 0 Å². The van der Waals surface area contributed by atoms with Gasteiger partial charge in [-0.3, -0.25) is 9.78 Å². The van der Waals surface area contributed by atoms with E-state index in [1.807, 2.05) is 42.3 Å². The third-order valence-corrected chi connectivity index (χ3v) is 4.66. The monoisotopic (exact) mass is 331 g/mol. The molecule has 5 nitrogen and oxygen atoms in total. The Morgan fingerprint density at radius 2 is 2.09 bits per heavy atom. The van der Waals surface area contributed by atoms with Crippen molar-refractivity contribution in [3.63, 3.8) is 0 Å². The number of nitrogens with zero attached hydrogens (tertiary/aromatic N) is 3. The Morgan fingerprint density at radius 3 is 2.78 bits per heavy atom. The van der Waals surface area contributed by atoms with E-state index in [9.17, 15) is 4.79 Å². The zero-order valence-electron chi connectivity index (χ0n) is 13.4. The van der Waals surface area contributed by atoms with Crippen molar-refractivity contribution in [3.05, 3.63) is 46.2 Å². The van der Waals surface area contributed by atoms with Gasteiger partial charge in [-0.1, -0.05) is 6.07 Å². The maximum absolute atomic E-state index is 12.4. The molecule has 0 N–H and O–H groups in total. The fraction of sp³-hybridized carbons (Fsp3) is 0.471. The number of aromatic nitrogens is 2. The van der Waals surface area contributed by atoms with Gasteiger partial charge >= 0.3 is 0 Å². The molecule has 6 heteroatoms. The molecule has 2 atom stereocenters. The van der Waals surface area contributed by atoms with Crippen molar-refractivity contribution in [1.82, 2.24) is 14.9 Å². The highest BCUT2D eigenvalue weighted by molar-refractivity contribution is 7.09. The number of carbonyl (C=O) groups is 1. The second-order valence-corrected chi connectivity index (χ2v) is 6.91. The molecule has 0 radical (unpaired) electrons. The lowest BCUT2D eigenvalue weighted by atomic mass is 10.2. The van der Waals surface area contributed by atoms with Gasteiger partial charge in [0.2, 0.25) is 5.91 Å². The molecule has 0 aromatic carbocycles. The Hall–Kier alpha value is -1.79. The number of pyridine rings is 1. The minimum absolute atomic E-state index is 0.0952. The van der Waals surface area contributed by atoms with Crippen LogP contribution in [0.2, 0.25) is 0 Å². The topological polar surface area (TPSA) is 55.3 Å². The first-order chi connectivity index (χ1) is 11.1. The van der Waals surface area contributed by atoms with Crippen LogP contribution >= 0.6 is 11.3 Å². The Morgan fingerprint density at radius 1 is 1.30 bits per heavy atom. The molecule has 1 fully saturated rings. The quantitative estimate of drug-likeness (QED) is 0.863. The molecule has 0 aliphatic carbocycles. The van der Waals surface area contributed by atoms with Gasteiger partial charge in [-0.15, -0.1) is 11.3 Å². The maximum atomic E-state index is 12.4. The highest BCUT2D eigenvalue weighted by Gasteiger charge is 2.26. The SMILES string of the molecule is C[C@H]1CN(C(=O)Cc2csc(Cc3ccccn3)n2)C[C@H](C)O1. The molecule has 23 heavy (non-hydrogen) atoms. The van der Waals surface area contributed by atoms with E-state index in [4.69, 9.17) is 4.74 Å². The molecular weight excluding hydrogens is 310 g/mol. The first kappa shape index (κ1) is 16.1. The van der Waals surface area contributed by atoms with E-state index in [-0.39, 0.29) is 18.1 Å². The van der Waals surface area contributed by atoms with E-state index in [0.29, 0.717) is 25.9 Å². The van der Waals surface area contributed by atoms with E-state index < -0.39 is 0 Å². The Kier molecular flexibility index (Phi) is 5.03. The normalized spacial score (nSPS) is 21.4. The summed E-state index contributed by atoms with van der Waals surface area (Å²) < 4.78 is 5.67. The third kappa shape index (κ3) is 4.36. The summed E-state index contributed by atoms with van der Waals surface area (Å²) in [5, 5.41) is 2.97. The first-order valence-corrected chi connectivity index (χ1v) is 8.74. The fourth-order valence-electron chi connectivity index (χ4n) is 2.82. The number of hydrogen-bond donors (Lipinski definition) is 0. The van der Waals surface area contributed by atoms with Gasteiger partial charge in [0.25, 0.3) is 0 Å². The van der Waals surface area contributed by atoms with Gasteiger partial charge in [0.1, 0.15) is 0 Å². The molecule has 1 aliphatic heterocycles. The second-order valence-electron chi connectivity index (χ2n) is 5.96. The van der Waals surface area contributed by atoms with Crippen LogP contribution in [0.3, 0.4) is 0 Å². The number of carbonyl (C=O) groups excluding carboxylic acids is 1. The Labute approximate surface area is 140 Å². The molecule has 0 unspecified atom stereocenters. The van der Waals surface area contributed by atoms with Crippen molar-refractivity contribution in [2.24, 2.45) is 0 Å². The van der Waals surface area contributed by atoms with Gasteiger partial charge in [-0.05, 0) is 26.0 Å². The van der Waals surface area contributed by atoms with E-state index >= 15 is 0 Å². The van der Waals surface area contributed by atoms with Crippen LogP contribution < -0.4 is 0 Å². The predicted octanol–water partition coefficient (Wildman–Crippen LogP) is 2.31. The first-order valence-electron chi connectivity index (χ1n) is 7.86. The summed E-state index contributed by atoms with van der Waals surface area (Å²) in [6.07, 6.45) is 3.05. The molecule has 0 spiro atoms. The summed E-state index contributed by atoms with van der Waals surface area (Å²) in [5.74, 6) is 0.127. The number of thiazole rings is 1. The number of rotatable bonds is 4. The molecular formula is C17H21N3O2S. The highest BCUT2D eigenvalue weighted by Crippen LogP contribution is 2.16. The summed E-state index contributed by atoms with van der Waals surface area (Å²) >= 11 is 1.59. The van der Waals surface area contributed by atoms with Crippen molar-refractivity contribution < 1.29 is 9.53 Å². The van der Waals surface area contributed by atoms with Crippen LogP contribution in [0.5, 0.6) is 0 Å². The van der Waals surface area contributed by atoms with E-state index in [2.05, 4.69) is 9.97 Å². The molecule has 3 rings (SSSR count). The Balaban J connectivity index is 1.59. The van der Waals surface area contributed by atoms with Gasteiger partial charge in [0.05, 0.1) is 29.3 Å². The van der Waals surface area contributed by atoms with E-state index in [1.54, 1.807) is 17.5 Å². The van der Waals surface area contributed by atoms with Crippen LogP contribution in [0.4, 0.5) is 0 Å². The van der Waals surface area contributed by atoms with Crippen LogP contribution in [-0.2, 0) is 22.4 Å². The standard InChI is InChI=1S/C17H21N3O2S/c1-12-9-20(10-13(2)22-12)17(21)8-15-11-23-16(19-15)7-14-5-3-4-6-18-14/h3-6,11-13H,7-10H2,1-2H3/t12-,13-/m0/s1. The predicted molar refractivity (Wildman–Crippen MR) is 89.5 cm³/mol. The zero-order valence-corrected chi connectivity index (χ0v) is 14.3. The smallest absolute Gasteiger partial charge is 0.228 e. The molecule has 2 aromatic heterocycles. The van der Waals surface area contributed by atoms with Crippen LogP contribution in [0.15, 0.2) is 29.8 Å². The molecule has 0 saturated carbocycles. The van der Waals surface area contributed by atoms with Gasteiger partial charge in [-0.2, -0.15) is 0 Å².